The van der Waals surface area contributed by atoms with Gasteiger partial charge in [-0.1, -0.05) is 11.8 Å². The van der Waals surface area contributed by atoms with Crippen molar-refractivity contribution in [1.29, 1.82) is 5.41 Å². The summed E-state index contributed by atoms with van der Waals surface area (Å²) in [4.78, 5) is 10.9. The van der Waals surface area contributed by atoms with E-state index in [-0.39, 0.29) is 16.8 Å². The van der Waals surface area contributed by atoms with E-state index in [0.717, 1.165) is 11.8 Å². The third kappa shape index (κ3) is 7.36. The van der Waals surface area contributed by atoms with Crippen molar-refractivity contribution < 1.29 is 9.53 Å². The second-order valence-corrected chi connectivity index (χ2v) is 3.01. The predicted octanol–water partition coefficient (Wildman–Crippen LogP) is -0.624. The summed E-state index contributed by atoms with van der Waals surface area (Å²) < 4.78 is 4.73. The highest BCUT2D eigenvalue weighted by Crippen LogP contribution is 1.95. The fourth-order valence-corrected chi connectivity index (χ4v) is 0.876. The fourth-order valence-electron chi connectivity index (χ4n) is 0.487. The first-order valence-corrected chi connectivity index (χ1v) is 4.38. The van der Waals surface area contributed by atoms with Gasteiger partial charge < -0.3 is 15.8 Å². The molecule has 5 nitrogen and oxygen atoms in total. The molecule has 0 bridgehead atoms. The second kappa shape index (κ2) is 6.93. The maximum Gasteiger partial charge on any atom is 0.230 e. The SMILES string of the molecule is COCCNC(=O)CSC(=N)N. The highest BCUT2D eigenvalue weighted by atomic mass is 32.2. The monoisotopic (exact) mass is 191 g/mol. The Kier molecular flexibility index (Phi) is 6.50. The quantitative estimate of drug-likeness (QED) is 0.307. The van der Waals surface area contributed by atoms with Crippen molar-refractivity contribution in [1.82, 2.24) is 5.32 Å². The zero-order valence-electron chi connectivity index (χ0n) is 6.92. The molecule has 0 saturated heterocycles. The molecule has 0 saturated carbocycles. The minimum atomic E-state index is -0.132. The maximum atomic E-state index is 10.9. The summed E-state index contributed by atoms with van der Waals surface area (Å²) in [5, 5.41) is 9.39. The van der Waals surface area contributed by atoms with E-state index >= 15 is 0 Å². The predicted molar refractivity (Wildman–Crippen MR) is 49.3 cm³/mol. The summed E-state index contributed by atoms with van der Waals surface area (Å²) >= 11 is 1.01. The van der Waals surface area contributed by atoms with Gasteiger partial charge in [-0.3, -0.25) is 10.2 Å². The lowest BCUT2D eigenvalue weighted by molar-refractivity contribution is -0.118. The molecular weight excluding hydrogens is 178 g/mol. The molecular formula is C6H13N3O2S. The molecule has 0 unspecified atom stereocenters. The summed E-state index contributed by atoms with van der Waals surface area (Å²) in [5.41, 5.74) is 5.04. The molecule has 0 aromatic heterocycles. The van der Waals surface area contributed by atoms with E-state index in [1.807, 2.05) is 0 Å². The number of nitrogens with one attached hydrogen (secondary N) is 2. The summed E-state index contributed by atoms with van der Waals surface area (Å²) in [6, 6.07) is 0. The van der Waals surface area contributed by atoms with E-state index in [4.69, 9.17) is 15.9 Å². The Hall–Kier alpha value is -0.750. The van der Waals surface area contributed by atoms with Crippen LogP contribution in [0.5, 0.6) is 0 Å². The number of methoxy groups -OCH3 is 1. The van der Waals surface area contributed by atoms with Crippen LogP contribution in [0.2, 0.25) is 0 Å². The maximum absolute atomic E-state index is 10.9. The molecule has 6 heteroatoms. The van der Waals surface area contributed by atoms with E-state index in [0.29, 0.717) is 13.2 Å². The lowest BCUT2D eigenvalue weighted by Crippen LogP contribution is -2.29. The first-order valence-electron chi connectivity index (χ1n) is 3.39. The van der Waals surface area contributed by atoms with Crippen LogP contribution in [0.25, 0.3) is 0 Å². The van der Waals surface area contributed by atoms with Crippen molar-refractivity contribution in [2.75, 3.05) is 26.0 Å². The Labute approximate surface area is 75.5 Å². The third-order valence-electron chi connectivity index (χ3n) is 0.987. The van der Waals surface area contributed by atoms with Gasteiger partial charge in [0.2, 0.25) is 5.91 Å². The number of carbonyl (C=O) groups is 1. The minimum absolute atomic E-state index is 0.0445. The fraction of sp³-hybridized carbons (Fsp3) is 0.667. The van der Waals surface area contributed by atoms with Crippen LogP contribution in [0.1, 0.15) is 0 Å². The van der Waals surface area contributed by atoms with Crippen LogP contribution in [0.3, 0.4) is 0 Å². The number of amidine groups is 1. The van der Waals surface area contributed by atoms with E-state index in [1.54, 1.807) is 7.11 Å². The smallest absolute Gasteiger partial charge is 0.230 e. The van der Waals surface area contributed by atoms with Gasteiger partial charge in [-0.15, -0.1) is 0 Å². The van der Waals surface area contributed by atoms with Gasteiger partial charge in [-0.05, 0) is 0 Å². The van der Waals surface area contributed by atoms with Gasteiger partial charge in [0, 0.05) is 13.7 Å². The number of rotatable bonds is 5. The lowest BCUT2D eigenvalue weighted by atomic mass is 10.6. The Bertz CT molecular complexity index is 163. The molecule has 0 aromatic carbocycles. The molecule has 70 valence electrons. The topological polar surface area (TPSA) is 88.2 Å². The van der Waals surface area contributed by atoms with Crippen molar-refractivity contribution in [2.24, 2.45) is 5.73 Å². The summed E-state index contributed by atoms with van der Waals surface area (Å²) in [6.07, 6.45) is 0. The molecule has 0 fully saturated rings. The molecule has 4 N–H and O–H groups in total. The van der Waals surface area contributed by atoms with Crippen LogP contribution in [0.4, 0.5) is 0 Å². The van der Waals surface area contributed by atoms with Crippen molar-refractivity contribution >= 4 is 22.8 Å². The van der Waals surface area contributed by atoms with E-state index in [9.17, 15) is 4.79 Å². The number of hydrogen-bond donors (Lipinski definition) is 3. The Morgan fingerprint density at radius 2 is 2.42 bits per heavy atom. The van der Waals surface area contributed by atoms with Crippen molar-refractivity contribution in [2.45, 2.75) is 0 Å². The van der Waals surface area contributed by atoms with Gasteiger partial charge in [-0.25, -0.2) is 0 Å². The van der Waals surface area contributed by atoms with Crippen LogP contribution in [-0.2, 0) is 9.53 Å². The molecule has 0 rings (SSSR count). The first kappa shape index (κ1) is 11.2. The lowest BCUT2D eigenvalue weighted by Gasteiger charge is -2.02. The van der Waals surface area contributed by atoms with Gasteiger partial charge in [-0.2, -0.15) is 0 Å². The molecule has 0 aliphatic heterocycles. The molecule has 0 aliphatic carbocycles. The van der Waals surface area contributed by atoms with Gasteiger partial charge in [0.25, 0.3) is 0 Å². The largest absolute Gasteiger partial charge is 0.383 e. The zero-order valence-corrected chi connectivity index (χ0v) is 7.74. The van der Waals surface area contributed by atoms with Gasteiger partial charge >= 0.3 is 0 Å². The summed E-state index contributed by atoms with van der Waals surface area (Å²) in [6.45, 7) is 0.990. The average molecular weight is 191 g/mol. The van der Waals surface area contributed by atoms with Gasteiger partial charge in [0.15, 0.2) is 5.17 Å². The number of thioether (sulfide) groups is 1. The molecule has 0 aromatic rings. The Morgan fingerprint density at radius 3 is 2.92 bits per heavy atom. The number of amides is 1. The second-order valence-electron chi connectivity index (χ2n) is 2.00. The van der Waals surface area contributed by atoms with E-state index < -0.39 is 0 Å². The van der Waals surface area contributed by atoms with Crippen LogP contribution < -0.4 is 11.1 Å². The van der Waals surface area contributed by atoms with E-state index in [1.165, 1.54) is 0 Å². The highest BCUT2D eigenvalue weighted by Gasteiger charge is 2.00. The van der Waals surface area contributed by atoms with Gasteiger partial charge in [0.1, 0.15) is 0 Å². The first-order chi connectivity index (χ1) is 5.66. The van der Waals surface area contributed by atoms with Crippen molar-refractivity contribution in [3.05, 3.63) is 0 Å². The molecule has 1 amide bonds. The van der Waals surface area contributed by atoms with Crippen LogP contribution >= 0.6 is 11.8 Å². The number of ether oxygens (including phenoxy) is 1. The third-order valence-corrected chi connectivity index (χ3v) is 1.70. The molecule has 0 spiro atoms. The summed E-state index contributed by atoms with van der Waals surface area (Å²) in [7, 11) is 1.57. The Balaban J connectivity index is 3.28. The van der Waals surface area contributed by atoms with Crippen LogP contribution in [-0.4, -0.2) is 37.1 Å². The number of carbonyl (C=O) groups excluding carboxylic acids is 1. The zero-order chi connectivity index (χ0) is 9.40. The molecule has 0 atom stereocenters. The Morgan fingerprint density at radius 1 is 1.75 bits per heavy atom. The molecule has 12 heavy (non-hydrogen) atoms. The average Bonchev–Trinajstić information content (AvgIpc) is 2.01. The van der Waals surface area contributed by atoms with Gasteiger partial charge in [0.05, 0.1) is 12.4 Å². The number of nitrogens with two attached hydrogens (primary N) is 1. The highest BCUT2D eigenvalue weighted by molar-refractivity contribution is 8.14. The van der Waals surface area contributed by atoms with Crippen molar-refractivity contribution in [3.63, 3.8) is 0 Å². The molecule has 0 radical (unpaired) electrons. The van der Waals surface area contributed by atoms with Crippen molar-refractivity contribution in [3.8, 4) is 0 Å². The molecule has 0 heterocycles. The van der Waals surface area contributed by atoms with Crippen LogP contribution in [0.15, 0.2) is 0 Å². The summed E-state index contributed by atoms with van der Waals surface area (Å²) in [5.74, 6) is 0.0613. The number of hydrogen-bond acceptors (Lipinski definition) is 4. The van der Waals surface area contributed by atoms with Crippen LogP contribution in [0, 0.1) is 5.41 Å². The minimum Gasteiger partial charge on any atom is -0.383 e. The standard InChI is InChI=1S/C6H13N3O2S/c1-11-3-2-9-5(10)4-12-6(7)8/h2-4H2,1H3,(H3,7,8)(H,9,10). The normalized spacial score (nSPS) is 9.42. The van der Waals surface area contributed by atoms with E-state index in [2.05, 4.69) is 5.32 Å². The molecule has 0 aliphatic rings.